The number of hydrogen-bond acceptors (Lipinski definition) is 4. The van der Waals surface area contributed by atoms with Crippen molar-refractivity contribution in [3.05, 3.63) is 29.8 Å². The number of benzene rings is 1. The van der Waals surface area contributed by atoms with Gasteiger partial charge in [0.25, 0.3) is 9.84 Å². The van der Waals surface area contributed by atoms with Crippen molar-refractivity contribution in [2.75, 3.05) is 0 Å². The molecule has 1 aromatic carbocycles. The van der Waals surface area contributed by atoms with Crippen LogP contribution in [-0.2, 0) is 20.3 Å². The van der Waals surface area contributed by atoms with Gasteiger partial charge in [0.2, 0.25) is 0 Å². The molecule has 1 rings (SSSR count). The molecule has 4 nitrogen and oxygen atoms in total. The fourth-order valence-corrected chi connectivity index (χ4v) is 2.05. The van der Waals surface area contributed by atoms with E-state index in [9.17, 15) is 21.6 Å². The van der Waals surface area contributed by atoms with Crippen LogP contribution in [0.2, 0.25) is 0 Å². The van der Waals surface area contributed by atoms with Gasteiger partial charge in [-0.15, -0.1) is 0 Å². The van der Waals surface area contributed by atoms with Crippen LogP contribution in [0.25, 0.3) is 0 Å². The van der Waals surface area contributed by atoms with Gasteiger partial charge < -0.3 is 0 Å². The van der Waals surface area contributed by atoms with Gasteiger partial charge in [-0.1, -0.05) is 12.1 Å². The van der Waals surface area contributed by atoms with Gasteiger partial charge in [-0.3, -0.25) is 4.84 Å². The minimum Gasteiger partial charge on any atom is -0.294 e. The largest absolute Gasteiger partial charge is 0.501 e. The summed E-state index contributed by atoms with van der Waals surface area (Å²) in [4.78, 5) is 3.77. The Kier molecular flexibility index (Phi) is 3.75. The van der Waals surface area contributed by atoms with Crippen LogP contribution in [0.15, 0.2) is 29.2 Å². The van der Waals surface area contributed by atoms with E-state index in [4.69, 9.17) is 5.90 Å². The quantitative estimate of drug-likeness (QED) is 0.862. The molecule has 0 saturated heterocycles. The normalized spacial score (nSPS) is 13.7. The highest BCUT2D eigenvalue weighted by molar-refractivity contribution is 7.92. The van der Waals surface area contributed by atoms with Crippen LogP contribution in [0.3, 0.4) is 0 Å². The molecule has 0 aliphatic rings. The molecule has 2 N–H and O–H groups in total. The second-order valence-corrected chi connectivity index (χ2v) is 6.05. The van der Waals surface area contributed by atoms with Gasteiger partial charge in [0.15, 0.2) is 0 Å². The summed E-state index contributed by atoms with van der Waals surface area (Å²) >= 11 is 0. The number of hydrogen-bond donors (Lipinski definition) is 1. The van der Waals surface area contributed by atoms with Gasteiger partial charge in [-0.25, -0.2) is 14.3 Å². The van der Waals surface area contributed by atoms with E-state index >= 15 is 0 Å². The van der Waals surface area contributed by atoms with Gasteiger partial charge in [0.05, 0.1) is 4.90 Å². The van der Waals surface area contributed by atoms with Crippen molar-refractivity contribution in [3.8, 4) is 0 Å². The van der Waals surface area contributed by atoms with Crippen LogP contribution in [0.5, 0.6) is 0 Å². The number of alkyl halides is 3. The smallest absolute Gasteiger partial charge is 0.294 e. The minimum absolute atomic E-state index is 0.232. The lowest BCUT2D eigenvalue weighted by Crippen LogP contribution is -2.27. The SMILES string of the molecule is CC(C)(ON)c1cccc(S(=O)(=O)C(F)(F)F)c1. The Hall–Kier alpha value is -1.12. The number of sulfone groups is 1. The highest BCUT2D eigenvalue weighted by Gasteiger charge is 2.47. The van der Waals surface area contributed by atoms with Crippen molar-refractivity contribution in [1.82, 2.24) is 0 Å². The summed E-state index contributed by atoms with van der Waals surface area (Å²) in [5.74, 6) is 5.01. The van der Waals surface area contributed by atoms with Crippen LogP contribution in [0, 0.1) is 0 Å². The third-order valence-corrected chi connectivity index (χ3v) is 3.92. The second kappa shape index (κ2) is 4.52. The zero-order valence-corrected chi connectivity index (χ0v) is 10.5. The minimum atomic E-state index is -5.36. The molecular formula is C10H12F3NO3S. The van der Waals surface area contributed by atoms with Gasteiger partial charge in [0, 0.05) is 0 Å². The summed E-state index contributed by atoms with van der Waals surface area (Å²) in [6.07, 6.45) is 0. The topological polar surface area (TPSA) is 69.4 Å². The molecule has 0 fully saturated rings. The first-order valence-electron chi connectivity index (χ1n) is 4.82. The van der Waals surface area contributed by atoms with Crippen molar-refractivity contribution in [1.29, 1.82) is 0 Å². The van der Waals surface area contributed by atoms with E-state index in [1.807, 2.05) is 0 Å². The van der Waals surface area contributed by atoms with E-state index in [0.29, 0.717) is 0 Å². The molecule has 0 radical (unpaired) electrons. The van der Waals surface area contributed by atoms with Crippen LogP contribution >= 0.6 is 0 Å². The summed E-state index contributed by atoms with van der Waals surface area (Å²) < 4.78 is 59.6. The summed E-state index contributed by atoms with van der Waals surface area (Å²) in [6, 6.07) is 4.41. The summed E-state index contributed by atoms with van der Waals surface area (Å²) in [5.41, 5.74) is -6.19. The molecule has 0 unspecified atom stereocenters. The molecule has 0 aliphatic carbocycles. The maximum Gasteiger partial charge on any atom is 0.501 e. The Balaban J connectivity index is 3.36. The maximum atomic E-state index is 12.4. The molecule has 0 aliphatic heterocycles. The molecule has 0 heterocycles. The number of halogens is 3. The maximum absolute atomic E-state index is 12.4. The molecule has 18 heavy (non-hydrogen) atoms. The first-order chi connectivity index (χ1) is 8.02. The monoisotopic (exact) mass is 283 g/mol. The predicted octanol–water partition coefficient (Wildman–Crippen LogP) is 2.11. The molecule has 0 bridgehead atoms. The van der Waals surface area contributed by atoms with Crippen molar-refractivity contribution < 1.29 is 26.4 Å². The van der Waals surface area contributed by atoms with Crippen LogP contribution in [-0.4, -0.2) is 13.9 Å². The number of nitrogens with two attached hydrogens (primary N) is 1. The molecule has 0 saturated carbocycles. The fraction of sp³-hybridized carbons (Fsp3) is 0.400. The van der Waals surface area contributed by atoms with Crippen molar-refractivity contribution in [2.45, 2.75) is 29.9 Å². The highest BCUT2D eigenvalue weighted by Crippen LogP contribution is 2.32. The van der Waals surface area contributed by atoms with E-state index in [1.54, 1.807) is 0 Å². The lowest BCUT2D eigenvalue weighted by molar-refractivity contribution is -0.0437. The fourth-order valence-electron chi connectivity index (χ4n) is 1.24. The Morgan fingerprint density at radius 3 is 2.22 bits per heavy atom. The first-order valence-corrected chi connectivity index (χ1v) is 6.30. The van der Waals surface area contributed by atoms with E-state index in [-0.39, 0.29) is 5.56 Å². The van der Waals surface area contributed by atoms with Crippen molar-refractivity contribution in [2.24, 2.45) is 5.90 Å². The Morgan fingerprint density at radius 1 is 1.22 bits per heavy atom. The summed E-state index contributed by atoms with van der Waals surface area (Å²) in [7, 11) is -5.36. The van der Waals surface area contributed by atoms with Gasteiger partial charge in [0.1, 0.15) is 5.60 Å². The van der Waals surface area contributed by atoms with Gasteiger partial charge in [-0.05, 0) is 31.5 Å². The molecule has 102 valence electrons. The average molecular weight is 283 g/mol. The lowest BCUT2D eigenvalue weighted by Gasteiger charge is -2.22. The summed E-state index contributed by atoms with van der Waals surface area (Å²) in [5, 5.41) is 0. The molecule has 0 amide bonds. The Labute approximate surface area is 102 Å². The van der Waals surface area contributed by atoms with Crippen LogP contribution < -0.4 is 5.90 Å². The molecule has 0 aromatic heterocycles. The van der Waals surface area contributed by atoms with Crippen LogP contribution in [0.4, 0.5) is 13.2 Å². The van der Waals surface area contributed by atoms with Gasteiger partial charge >= 0.3 is 5.51 Å². The Bertz CT molecular complexity index is 538. The Morgan fingerprint density at radius 2 is 1.78 bits per heavy atom. The third-order valence-electron chi connectivity index (χ3n) is 2.44. The van der Waals surface area contributed by atoms with E-state index < -0.39 is 25.8 Å². The first kappa shape index (κ1) is 14.9. The van der Waals surface area contributed by atoms with E-state index in [0.717, 1.165) is 12.1 Å². The number of rotatable bonds is 3. The van der Waals surface area contributed by atoms with Gasteiger partial charge in [-0.2, -0.15) is 13.2 Å². The van der Waals surface area contributed by atoms with E-state index in [1.165, 1.54) is 26.0 Å². The lowest BCUT2D eigenvalue weighted by atomic mass is 9.99. The standard InChI is InChI=1S/C10H12F3NO3S/c1-9(2,17-14)7-4-3-5-8(6-7)18(15,16)10(11,12)13/h3-6H,14H2,1-2H3. The van der Waals surface area contributed by atoms with Crippen molar-refractivity contribution in [3.63, 3.8) is 0 Å². The predicted molar refractivity (Wildman–Crippen MR) is 58.0 cm³/mol. The second-order valence-electron chi connectivity index (χ2n) is 4.11. The van der Waals surface area contributed by atoms with Crippen molar-refractivity contribution >= 4 is 9.84 Å². The third kappa shape index (κ3) is 2.65. The molecular weight excluding hydrogens is 271 g/mol. The van der Waals surface area contributed by atoms with E-state index in [2.05, 4.69) is 4.84 Å². The highest BCUT2D eigenvalue weighted by atomic mass is 32.2. The molecule has 0 atom stereocenters. The summed E-state index contributed by atoms with van der Waals surface area (Å²) in [6.45, 7) is 3.01. The zero-order valence-electron chi connectivity index (χ0n) is 9.65. The molecule has 1 aromatic rings. The molecule has 8 heteroatoms. The molecule has 0 spiro atoms. The van der Waals surface area contributed by atoms with Crippen LogP contribution in [0.1, 0.15) is 19.4 Å². The average Bonchev–Trinajstić information content (AvgIpc) is 2.27. The zero-order chi connectivity index (χ0) is 14.2.